The number of piperazine rings is 1. The zero-order valence-corrected chi connectivity index (χ0v) is 24.5. The van der Waals surface area contributed by atoms with Crippen LogP contribution in [0.25, 0.3) is 21.0 Å². The molecule has 0 saturated carbocycles. The molecule has 1 amide bonds. The number of rotatable bonds is 12. The molecule has 1 saturated heterocycles. The number of thiophene rings is 1. The molecule has 1 fully saturated rings. The summed E-state index contributed by atoms with van der Waals surface area (Å²) < 4.78 is 13.0. The molecule has 0 N–H and O–H groups in total. The average Bonchev–Trinajstić information content (AvgIpc) is 3.46. The molecular formula is C32H40N4O3S. The number of carbonyl (C=O) groups excluding carboxylic acids is 1. The largest absolute Gasteiger partial charge is 0.494 e. The van der Waals surface area contributed by atoms with E-state index in [1.807, 2.05) is 35.6 Å². The van der Waals surface area contributed by atoms with Gasteiger partial charge in [0.1, 0.15) is 5.75 Å². The molecule has 4 aromatic rings. The van der Waals surface area contributed by atoms with Gasteiger partial charge in [-0.15, -0.1) is 11.3 Å². The molecule has 0 unspecified atom stereocenters. The van der Waals surface area contributed by atoms with Crippen LogP contribution in [-0.4, -0.2) is 73.3 Å². The van der Waals surface area contributed by atoms with Crippen molar-refractivity contribution in [3.05, 3.63) is 60.0 Å². The Morgan fingerprint density at radius 1 is 0.975 bits per heavy atom. The van der Waals surface area contributed by atoms with Gasteiger partial charge >= 0.3 is 6.09 Å². The number of ether oxygens (including phenoxy) is 2. The van der Waals surface area contributed by atoms with E-state index in [0.29, 0.717) is 25.6 Å². The van der Waals surface area contributed by atoms with E-state index in [0.717, 1.165) is 75.1 Å². The van der Waals surface area contributed by atoms with E-state index in [-0.39, 0.29) is 6.09 Å². The lowest BCUT2D eigenvalue weighted by Crippen LogP contribution is -2.46. The van der Waals surface area contributed by atoms with Crippen LogP contribution in [0.3, 0.4) is 0 Å². The zero-order valence-electron chi connectivity index (χ0n) is 23.7. The fourth-order valence-corrected chi connectivity index (χ4v) is 6.11. The molecule has 5 rings (SSSR count). The standard InChI is InChI=1S/C32H40N4O3S/c1-3-15-36(16-4-2)32(37)39-31-13-11-25-10-12-26(24-28(25)33-31)38-22-6-5-17-34-18-20-35(21-19-34)29-8-7-9-30-27(29)14-23-40-30/h7-14,23-24H,3-6,15-22H2,1-2H3. The highest BCUT2D eigenvalue weighted by Crippen LogP contribution is 2.31. The molecule has 2 aromatic heterocycles. The van der Waals surface area contributed by atoms with Crippen molar-refractivity contribution in [2.45, 2.75) is 39.5 Å². The van der Waals surface area contributed by atoms with E-state index in [1.54, 1.807) is 11.0 Å². The Balaban J connectivity index is 1.05. The van der Waals surface area contributed by atoms with Crippen LogP contribution < -0.4 is 14.4 Å². The molecule has 3 heterocycles. The molecule has 0 radical (unpaired) electrons. The van der Waals surface area contributed by atoms with Crippen molar-refractivity contribution < 1.29 is 14.3 Å². The SMILES string of the molecule is CCCN(CCC)C(=O)Oc1ccc2ccc(OCCCCN3CCN(c4cccc5sccc45)CC3)cc2n1. The van der Waals surface area contributed by atoms with Crippen LogP contribution in [0.1, 0.15) is 39.5 Å². The summed E-state index contributed by atoms with van der Waals surface area (Å²) in [5.41, 5.74) is 2.13. The van der Waals surface area contributed by atoms with Gasteiger partial charge < -0.3 is 19.3 Å². The van der Waals surface area contributed by atoms with Crippen molar-refractivity contribution in [3.8, 4) is 11.6 Å². The summed E-state index contributed by atoms with van der Waals surface area (Å²) >= 11 is 1.81. The van der Waals surface area contributed by atoms with Crippen LogP contribution in [0.2, 0.25) is 0 Å². The van der Waals surface area contributed by atoms with Gasteiger partial charge in [-0.25, -0.2) is 9.78 Å². The molecule has 1 aliphatic heterocycles. The number of hydrogen-bond acceptors (Lipinski definition) is 7. The van der Waals surface area contributed by atoms with Gasteiger partial charge in [0.25, 0.3) is 0 Å². The van der Waals surface area contributed by atoms with E-state index < -0.39 is 0 Å². The monoisotopic (exact) mass is 560 g/mol. The first kappa shape index (κ1) is 28.2. The molecular weight excluding hydrogens is 520 g/mol. The fourth-order valence-electron chi connectivity index (χ4n) is 5.31. The summed E-state index contributed by atoms with van der Waals surface area (Å²) in [6.07, 6.45) is 3.56. The van der Waals surface area contributed by atoms with Crippen molar-refractivity contribution in [3.63, 3.8) is 0 Å². The van der Waals surface area contributed by atoms with Gasteiger partial charge in [0, 0.05) is 72.6 Å². The molecule has 0 bridgehead atoms. The van der Waals surface area contributed by atoms with Crippen LogP contribution in [0, 0.1) is 0 Å². The van der Waals surface area contributed by atoms with Crippen molar-refractivity contribution in [2.24, 2.45) is 0 Å². The van der Waals surface area contributed by atoms with Gasteiger partial charge in [-0.2, -0.15) is 0 Å². The Hall–Kier alpha value is -3.36. The van der Waals surface area contributed by atoms with Gasteiger partial charge in [0.15, 0.2) is 0 Å². The van der Waals surface area contributed by atoms with Crippen LogP contribution >= 0.6 is 11.3 Å². The summed E-state index contributed by atoms with van der Waals surface area (Å²) in [7, 11) is 0. The third-order valence-corrected chi connectivity index (χ3v) is 8.28. The number of amides is 1. The van der Waals surface area contributed by atoms with Crippen molar-refractivity contribution in [2.75, 3.05) is 57.3 Å². The molecule has 0 atom stereocenters. The van der Waals surface area contributed by atoms with Crippen LogP contribution in [-0.2, 0) is 0 Å². The van der Waals surface area contributed by atoms with Crippen LogP contribution in [0.5, 0.6) is 11.6 Å². The minimum atomic E-state index is -0.343. The summed E-state index contributed by atoms with van der Waals surface area (Å²) in [4.78, 5) is 24.0. The van der Waals surface area contributed by atoms with E-state index in [4.69, 9.17) is 9.47 Å². The Morgan fingerprint density at radius 2 is 1.77 bits per heavy atom. The van der Waals surface area contributed by atoms with E-state index in [1.165, 1.54) is 15.8 Å². The Kier molecular flexibility index (Phi) is 9.73. The minimum Gasteiger partial charge on any atom is -0.494 e. The van der Waals surface area contributed by atoms with Crippen molar-refractivity contribution in [1.82, 2.24) is 14.8 Å². The second-order valence-corrected chi connectivity index (χ2v) is 11.3. The molecule has 212 valence electrons. The maximum absolute atomic E-state index is 12.6. The van der Waals surface area contributed by atoms with Gasteiger partial charge in [0.05, 0.1) is 12.1 Å². The highest BCUT2D eigenvalue weighted by atomic mass is 32.1. The first-order valence-electron chi connectivity index (χ1n) is 14.6. The third kappa shape index (κ3) is 7.04. The lowest BCUT2D eigenvalue weighted by molar-refractivity contribution is 0.150. The topological polar surface area (TPSA) is 58.1 Å². The smallest absolute Gasteiger partial charge is 0.416 e. The fraction of sp³-hybridized carbons (Fsp3) is 0.438. The number of nitrogens with zero attached hydrogens (tertiary/aromatic N) is 4. The zero-order chi connectivity index (χ0) is 27.7. The summed E-state index contributed by atoms with van der Waals surface area (Å²) in [6, 6.07) is 18.5. The van der Waals surface area contributed by atoms with Gasteiger partial charge in [-0.1, -0.05) is 19.9 Å². The van der Waals surface area contributed by atoms with Crippen LogP contribution in [0.15, 0.2) is 60.0 Å². The number of aromatic nitrogens is 1. The number of fused-ring (bicyclic) bond motifs is 2. The van der Waals surface area contributed by atoms with Gasteiger partial charge in [0.2, 0.25) is 5.88 Å². The predicted octanol–water partition coefficient (Wildman–Crippen LogP) is 7.05. The van der Waals surface area contributed by atoms with Crippen molar-refractivity contribution >= 4 is 44.1 Å². The van der Waals surface area contributed by atoms with E-state index in [2.05, 4.69) is 58.3 Å². The molecule has 1 aliphatic rings. The van der Waals surface area contributed by atoms with E-state index >= 15 is 0 Å². The summed E-state index contributed by atoms with van der Waals surface area (Å²) in [6.45, 7) is 11.6. The van der Waals surface area contributed by atoms with Gasteiger partial charge in [-0.3, -0.25) is 4.90 Å². The summed E-state index contributed by atoms with van der Waals surface area (Å²) in [5.74, 6) is 1.11. The highest BCUT2D eigenvalue weighted by Gasteiger charge is 2.19. The molecule has 2 aromatic carbocycles. The third-order valence-electron chi connectivity index (χ3n) is 7.40. The molecule has 40 heavy (non-hydrogen) atoms. The predicted molar refractivity (Wildman–Crippen MR) is 165 cm³/mol. The van der Waals surface area contributed by atoms with Gasteiger partial charge in [-0.05, 0) is 74.0 Å². The highest BCUT2D eigenvalue weighted by molar-refractivity contribution is 7.17. The maximum atomic E-state index is 12.6. The summed E-state index contributed by atoms with van der Waals surface area (Å²) in [5, 5.41) is 4.55. The quantitative estimate of drug-likeness (QED) is 0.173. The number of pyridine rings is 1. The number of benzene rings is 2. The second-order valence-electron chi connectivity index (χ2n) is 10.4. The number of hydrogen-bond donors (Lipinski definition) is 0. The maximum Gasteiger partial charge on any atom is 0.416 e. The number of anilines is 1. The minimum absolute atomic E-state index is 0.318. The molecule has 0 aliphatic carbocycles. The Labute approximate surface area is 241 Å². The number of unbranched alkanes of at least 4 members (excludes halogenated alkanes) is 1. The Morgan fingerprint density at radius 3 is 2.58 bits per heavy atom. The lowest BCUT2D eigenvalue weighted by Gasteiger charge is -2.36. The average molecular weight is 561 g/mol. The molecule has 0 spiro atoms. The first-order valence-corrected chi connectivity index (χ1v) is 15.5. The normalized spacial score (nSPS) is 14.1. The van der Waals surface area contributed by atoms with Crippen molar-refractivity contribution in [1.29, 1.82) is 0 Å². The molecule has 7 nitrogen and oxygen atoms in total. The van der Waals surface area contributed by atoms with E-state index in [9.17, 15) is 4.79 Å². The number of carbonyl (C=O) groups is 1. The Bertz CT molecular complexity index is 1390. The van der Waals surface area contributed by atoms with Crippen LogP contribution in [0.4, 0.5) is 10.5 Å². The first-order chi connectivity index (χ1) is 19.6. The molecule has 8 heteroatoms. The lowest BCUT2D eigenvalue weighted by atomic mass is 10.2. The second kappa shape index (κ2) is 13.8.